The van der Waals surface area contributed by atoms with Gasteiger partial charge in [0, 0.05) is 6.04 Å². The van der Waals surface area contributed by atoms with E-state index in [0.717, 1.165) is 11.3 Å². The van der Waals surface area contributed by atoms with Crippen molar-refractivity contribution in [3.05, 3.63) is 29.8 Å². The van der Waals surface area contributed by atoms with E-state index in [1.165, 1.54) is 0 Å². The number of carbonyl (C=O) groups is 1. The van der Waals surface area contributed by atoms with Gasteiger partial charge < -0.3 is 15.6 Å². The van der Waals surface area contributed by atoms with Crippen molar-refractivity contribution < 1.29 is 14.6 Å². The van der Waals surface area contributed by atoms with Gasteiger partial charge in [-0.25, -0.2) is 0 Å². The summed E-state index contributed by atoms with van der Waals surface area (Å²) < 4.78 is 4.97. The minimum atomic E-state index is -0.895. The Balaban J connectivity index is 0.00000196. The second kappa shape index (κ2) is 6.27. The van der Waals surface area contributed by atoms with Crippen LogP contribution in [0.15, 0.2) is 24.3 Å². The molecule has 0 amide bonds. The standard InChI is InChI=1S/C10H13NO3.ClH/c1-14-8-4-2-7(3-5-8)9(11)6-10(12)13;/h2-5,9H,6,11H2,1H3,(H,12,13);1H/t9-;/m0./s1. The van der Waals surface area contributed by atoms with Crippen molar-refractivity contribution in [1.82, 2.24) is 0 Å². The second-order valence-electron chi connectivity index (χ2n) is 2.98. The summed E-state index contributed by atoms with van der Waals surface area (Å²) in [5.41, 5.74) is 6.47. The molecule has 0 spiro atoms. The van der Waals surface area contributed by atoms with Gasteiger partial charge in [0.25, 0.3) is 0 Å². The minimum absolute atomic E-state index is 0. The number of benzene rings is 1. The largest absolute Gasteiger partial charge is 0.497 e. The first-order valence-electron chi connectivity index (χ1n) is 4.25. The summed E-state index contributed by atoms with van der Waals surface area (Å²) >= 11 is 0. The molecule has 0 aliphatic carbocycles. The predicted molar refractivity (Wildman–Crippen MR) is 59.4 cm³/mol. The van der Waals surface area contributed by atoms with Crippen LogP contribution >= 0.6 is 12.4 Å². The Morgan fingerprint density at radius 3 is 2.40 bits per heavy atom. The van der Waals surface area contributed by atoms with Gasteiger partial charge in [0.05, 0.1) is 13.5 Å². The quantitative estimate of drug-likeness (QED) is 0.826. The van der Waals surface area contributed by atoms with Crippen molar-refractivity contribution in [1.29, 1.82) is 0 Å². The molecule has 84 valence electrons. The Hall–Kier alpha value is -1.26. The summed E-state index contributed by atoms with van der Waals surface area (Å²) in [5.74, 6) is -0.162. The van der Waals surface area contributed by atoms with Crippen LogP contribution in [0.25, 0.3) is 0 Å². The van der Waals surface area contributed by atoms with Crippen LogP contribution < -0.4 is 10.5 Å². The molecule has 0 saturated carbocycles. The van der Waals surface area contributed by atoms with E-state index in [9.17, 15) is 4.79 Å². The average Bonchev–Trinajstić information content (AvgIpc) is 2.17. The first kappa shape index (κ1) is 13.7. The van der Waals surface area contributed by atoms with Crippen molar-refractivity contribution in [3.8, 4) is 5.75 Å². The van der Waals surface area contributed by atoms with Gasteiger partial charge in [-0.3, -0.25) is 4.79 Å². The molecule has 0 aliphatic rings. The van der Waals surface area contributed by atoms with Crippen LogP contribution in [0.3, 0.4) is 0 Å². The molecule has 1 aromatic carbocycles. The van der Waals surface area contributed by atoms with Gasteiger partial charge in [0.15, 0.2) is 0 Å². The number of carboxylic acids is 1. The number of ether oxygens (including phenoxy) is 1. The van der Waals surface area contributed by atoms with E-state index in [4.69, 9.17) is 15.6 Å². The zero-order valence-corrected chi connectivity index (χ0v) is 9.16. The first-order chi connectivity index (χ1) is 6.63. The number of halogens is 1. The van der Waals surface area contributed by atoms with Crippen molar-refractivity contribution in [2.24, 2.45) is 5.73 Å². The van der Waals surface area contributed by atoms with Crippen LogP contribution in [0.4, 0.5) is 0 Å². The SMILES string of the molecule is COc1ccc([C@@H](N)CC(=O)O)cc1.Cl. The molecule has 0 fully saturated rings. The van der Waals surface area contributed by atoms with E-state index in [2.05, 4.69) is 0 Å². The maximum Gasteiger partial charge on any atom is 0.305 e. The highest BCUT2D eigenvalue weighted by molar-refractivity contribution is 5.85. The third-order valence-electron chi connectivity index (χ3n) is 1.94. The van der Waals surface area contributed by atoms with E-state index in [0.29, 0.717) is 0 Å². The average molecular weight is 232 g/mol. The van der Waals surface area contributed by atoms with Gasteiger partial charge in [0.2, 0.25) is 0 Å². The Labute approximate surface area is 94.5 Å². The maximum atomic E-state index is 10.4. The summed E-state index contributed by atoms with van der Waals surface area (Å²) in [6, 6.07) is 6.60. The van der Waals surface area contributed by atoms with Gasteiger partial charge >= 0.3 is 5.97 Å². The molecule has 0 unspecified atom stereocenters. The maximum absolute atomic E-state index is 10.4. The molecule has 1 atom stereocenters. The molecule has 0 bridgehead atoms. The molecule has 0 aromatic heterocycles. The summed E-state index contributed by atoms with van der Waals surface area (Å²) in [6.07, 6.45) is -0.0632. The molecule has 4 nitrogen and oxygen atoms in total. The van der Waals surface area contributed by atoms with Crippen molar-refractivity contribution in [3.63, 3.8) is 0 Å². The van der Waals surface area contributed by atoms with Gasteiger partial charge in [-0.2, -0.15) is 0 Å². The van der Waals surface area contributed by atoms with Crippen LogP contribution in [-0.2, 0) is 4.79 Å². The lowest BCUT2D eigenvalue weighted by molar-refractivity contribution is -0.137. The molecule has 0 saturated heterocycles. The zero-order valence-electron chi connectivity index (χ0n) is 8.34. The normalized spacial score (nSPS) is 11.3. The van der Waals surface area contributed by atoms with E-state index in [1.807, 2.05) is 0 Å². The van der Waals surface area contributed by atoms with Gasteiger partial charge in [-0.05, 0) is 17.7 Å². The van der Waals surface area contributed by atoms with Crippen molar-refractivity contribution >= 4 is 18.4 Å². The molecule has 1 rings (SSSR count). The highest BCUT2D eigenvalue weighted by atomic mass is 35.5. The van der Waals surface area contributed by atoms with Crippen molar-refractivity contribution in [2.45, 2.75) is 12.5 Å². The highest BCUT2D eigenvalue weighted by Crippen LogP contribution is 2.17. The van der Waals surface area contributed by atoms with Crippen LogP contribution in [0.5, 0.6) is 5.75 Å². The summed E-state index contributed by atoms with van der Waals surface area (Å²) in [5, 5.41) is 8.54. The molecule has 1 aromatic rings. The Kier molecular flexibility index (Phi) is 5.74. The number of hydrogen-bond donors (Lipinski definition) is 2. The fraction of sp³-hybridized carbons (Fsp3) is 0.300. The third-order valence-corrected chi connectivity index (χ3v) is 1.94. The number of carboxylic acid groups (broad SMARTS) is 1. The Bertz CT molecular complexity index is 313. The lowest BCUT2D eigenvalue weighted by atomic mass is 10.1. The van der Waals surface area contributed by atoms with Crippen LogP contribution in [0.2, 0.25) is 0 Å². The van der Waals surface area contributed by atoms with Gasteiger partial charge in [-0.15, -0.1) is 12.4 Å². The fourth-order valence-electron chi connectivity index (χ4n) is 1.16. The molecule has 0 heterocycles. The molecule has 15 heavy (non-hydrogen) atoms. The van der Waals surface area contributed by atoms with Gasteiger partial charge in [0.1, 0.15) is 5.75 Å². The van der Waals surface area contributed by atoms with E-state index in [1.54, 1.807) is 31.4 Å². The number of hydrogen-bond acceptors (Lipinski definition) is 3. The van der Waals surface area contributed by atoms with E-state index >= 15 is 0 Å². The molecule has 5 heteroatoms. The van der Waals surface area contributed by atoms with Crippen LogP contribution in [-0.4, -0.2) is 18.2 Å². The van der Waals surface area contributed by atoms with Gasteiger partial charge in [-0.1, -0.05) is 12.1 Å². The molecular formula is C10H14ClNO3. The smallest absolute Gasteiger partial charge is 0.305 e. The molecule has 0 radical (unpaired) electrons. The van der Waals surface area contributed by atoms with E-state index in [-0.39, 0.29) is 18.8 Å². The fourth-order valence-corrected chi connectivity index (χ4v) is 1.16. The number of nitrogens with two attached hydrogens (primary N) is 1. The molecular weight excluding hydrogens is 218 g/mol. The Morgan fingerprint density at radius 2 is 2.00 bits per heavy atom. The van der Waals surface area contributed by atoms with E-state index < -0.39 is 12.0 Å². The summed E-state index contributed by atoms with van der Waals surface area (Å²) in [7, 11) is 1.58. The topological polar surface area (TPSA) is 72.5 Å². The van der Waals surface area contributed by atoms with Crippen LogP contribution in [0.1, 0.15) is 18.0 Å². The summed E-state index contributed by atoms with van der Waals surface area (Å²) in [4.78, 5) is 10.4. The van der Waals surface area contributed by atoms with Crippen molar-refractivity contribution in [2.75, 3.05) is 7.11 Å². The number of aliphatic carboxylic acids is 1. The minimum Gasteiger partial charge on any atom is -0.497 e. The lowest BCUT2D eigenvalue weighted by Crippen LogP contribution is -2.14. The Morgan fingerprint density at radius 1 is 1.47 bits per heavy atom. The lowest BCUT2D eigenvalue weighted by Gasteiger charge is -2.09. The first-order valence-corrected chi connectivity index (χ1v) is 4.25. The zero-order chi connectivity index (χ0) is 10.6. The highest BCUT2D eigenvalue weighted by Gasteiger charge is 2.09. The molecule has 0 aliphatic heterocycles. The third kappa shape index (κ3) is 4.18. The van der Waals surface area contributed by atoms with Crippen LogP contribution in [0, 0.1) is 0 Å². The monoisotopic (exact) mass is 231 g/mol. The predicted octanol–water partition coefficient (Wildman–Crippen LogP) is 1.59. The number of rotatable bonds is 4. The summed E-state index contributed by atoms with van der Waals surface area (Å²) in [6.45, 7) is 0. The second-order valence-corrected chi connectivity index (χ2v) is 2.98. The molecule has 3 N–H and O–H groups in total. The number of methoxy groups -OCH3 is 1.